The van der Waals surface area contributed by atoms with Crippen molar-refractivity contribution in [2.24, 2.45) is 5.73 Å². The van der Waals surface area contributed by atoms with E-state index < -0.39 is 22.5 Å². The minimum Gasteiger partial charge on any atom is -0.459 e. The van der Waals surface area contributed by atoms with Crippen LogP contribution in [0.25, 0.3) is 0 Å². The van der Waals surface area contributed by atoms with E-state index in [-0.39, 0.29) is 12.1 Å². The SMILES string of the molecule is CC(C)(C)OC(=O)C(N)Cc1ccccc1[N+](=O)[O-]. The fraction of sp³-hybridized carbons (Fsp3) is 0.462. The lowest BCUT2D eigenvalue weighted by molar-refractivity contribution is -0.385. The van der Waals surface area contributed by atoms with Crippen LogP contribution in [0, 0.1) is 10.1 Å². The number of rotatable bonds is 4. The molecule has 6 nitrogen and oxygen atoms in total. The van der Waals surface area contributed by atoms with Gasteiger partial charge in [-0.15, -0.1) is 0 Å². The molecule has 0 aromatic heterocycles. The Morgan fingerprint density at radius 2 is 2.00 bits per heavy atom. The van der Waals surface area contributed by atoms with Gasteiger partial charge in [0.1, 0.15) is 11.6 Å². The first-order valence-corrected chi connectivity index (χ1v) is 5.91. The minimum atomic E-state index is -0.916. The standard InChI is InChI=1S/C13H18N2O4/c1-13(2,3)19-12(16)10(14)8-9-6-4-5-7-11(9)15(17)18/h4-7,10H,8,14H2,1-3H3. The Morgan fingerprint density at radius 1 is 1.42 bits per heavy atom. The lowest BCUT2D eigenvalue weighted by Crippen LogP contribution is -2.38. The Hall–Kier alpha value is -1.95. The number of nitro groups is 1. The first kappa shape index (κ1) is 15.1. The highest BCUT2D eigenvalue weighted by Gasteiger charge is 2.24. The maximum absolute atomic E-state index is 11.7. The van der Waals surface area contributed by atoms with Gasteiger partial charge in [0.05, 0.1) is 4.92 Å². The van der Waals surface area contributed by atoms with Crippen molar-refractivity contribution in [2.75, 3.05) is 0 Å². The zero-order chi connectivity index (χ0) is 14.6. The predicted molar refractivity (Wildman–Crippen MR) is 70.6 cm³/mol. The number of para-hydroxylation sites is 1. The van der Waals surface area contributed by atoms with E-state index in [0.717, 1.165) is 0 Å². The molecule has 1 aromatic carbocycles. The Balaban J connectivity index is 2.80. The summed E-state index contributed by atoms with van der Waals surface area (Å²) in [6.07, 6.45) is 0.0755. The average molecular weight is 266 g/mol. The quantitative estimate of drug-likeness (QED) is 0.509. The molecule has 6 heteroatoms. The Morgan fingerprint density at radius 3 is 2.53 bits per heavy atom. The van der Waals surface area contributed by atoms with Crippen LogP contribution in [-0.2, 0) is 16.0 Å². The van der Waals surface area contributed by atoms with E-state index in [4.69, 9.17) is 10.5 Å². The van der Waals surface area contributed by atoms with Crippen molar-refractivity contribution in [3.8, 4) is 0 Å². The van der Waals surface area contributed by atoms with Crippen LogP contribution in [0.2, 0.25) is 0 Å². The van der Waals surface area contributed by atoms with Crippen molar-refractivity contribution in [3.63, 3.8) is 0 Å². The third-order valence-corrected chi connectivity index (χ3v) is 2.34. The summed E-state index contributed by atoms with van der Waals surface area (Å²) in [5.74, 6) is -0.564. The highest BCUT2D eigenvalue weighted by atomic mass is 16.6. The molecule has 1 aromatic rings. The highest BCUT2D eigenvalue weighted by Crippen LogP contribution is 2.19. The molecular formula is C13H18N2O4. The number of ether oxygens (including phenoxy) is 1. The van der Waals surface area contributed by atoms with Crippen molar-refractivity contribution in [1.82, 2.24) is 0 Å². The van der Waals surface area contributed by atoms with E-state index in [1.165, 1.54) is 6.07 Å². The predicted octanol–water partition coefficient (Wildman–Crippen LogP) is 1.81. The number of benzene rings is 1. The zero-order valence-corrected chi connectivity index (χ0v) is 11.3. The van der Waals surface area contributed by atoms with Crippen molar-refractivity contribution >= 4 is 11.7 Å². The summed E-state index contributed by atoms with van der Waals surface area (Å²) < 4.78 is 5.14. The zero-order valence-electron chi connectivity index (χ0n) is 11.3. The number of hydrogen-bond donors (Lipinski definition) is 1. The van der Waals surface area contributed by atoms with Gasteiger partial charge in [0.25, 0.3) is 5.69 Å². The van der Waals surface area contributed by atoms with E-state index in [0.29, 0.717) is 5.56 Å². The van der Waals surface area contributed by atoms with Gasteiger partial charge in [-0.05, 0) is 20.8 Å². The largest absolute Gasteiger partial charge is 0.459 e. The van der Waals surface area contributed by atoms with Crippen molar-refractivity contribution < 1.29 is 14.5 Å². The van der Waals surface area contributed by atoms with Crippen molar-refractivity contribution in [3.05, 3.63) is 39.9 Å². The number of nitrogens with two attached hydrogens (primary N) is 1. The smallest absolute Gasteiger partial charge is 0.323 e. The molecule has 1 atom stereocenters. The molecular weight excluding hydrogens is 248 g/mol. The molecule has 0 radical (unpaired) electrons. The summed E-state index contributed by atoms with van der Waals surface area (Å²) in [4.78, 5) is 22.1. The van der Waals surface area contributed by atoms with Crippen LogP contribution in [0.15, 0.2) is 24.3 Å². The maximum atomic E-state index is 11.7. The molecule has 0 aliphatic heterocycles. The molecule has 19 heavy (non-hydrogen) atoms. The number of nitro benzene ring substituents is 1. The maximum Gasteiger partial charge on any atom is 0.323 e. The molecule has 1 rings (SSSR count). The monoisotopic (exact) mass is 266 g/mol. The van der Waals surface area contributed by atoms with Crippen LogP contribution in [-0.4, -0.2) is 22.5 Å². The van der Waals surface area contributed by atoms with Crippen molar-refractivity contribution in [1.29, 1.82) is 0 Å². The number of esters is 1. The van der Waals surface area contributed by atoms with E-state index in [1.54, 1.807) is 39.0 Å². The molecule has 0 heterocycles. The Bertz CT molecular complexity index is 480. The van der Waals surface area contributed by atoms with Gasteiger partial charge in [0.15, 0.2) is 0 Å². The third kappa shape index (κ3) is 4.67. The van der Waals surface area contributed by atoms with Crippen molar-refractivity contribution in [2.45, 2.75) is 38.8 Å². The van der Waals surface area contributed by atoms with Gasteiger partial charge in [-0.2, -0.15) is 0 Å². The van der Waals surface area contributed by atoms with Gasteiger partial charge in [-0.1, -0.05) is 18.2 Å². The Labute approximate surface area is 111 Å². The van der Waals surface area contributed by atoms with Crippen LogP contribution in [0.1, 0.15) is 26.3 Å². The highest BCUT2D eigenvalue weighted by molar-refractivity contribution is 5.76. The molecule has 0 aliphatic carbocycles. The summed E-state index contributed by atoms with van der Waals surface area (Å²) in [6, 6.07) is 5.30. The molecule has 0 bridgehead atoms. The average Bonchev–Trinajstić information content (AvgIpc) is 2.27. The van der Waals surface area contributed by atoms with Crippen LogP contribution in [0.3, 0.4) is 0 Å². The molecule has 104 valence electrons. The van der Waals surface area contributed by atoms with E-state index in [9.17, 15) is 14.9 Å². The number of hydrogen-bond acceptors (Lipinski definition) is 5. The van der Waals surface area contributed by atoms with Gasteiger partial charge in [-0.3, -0.25) is 14.9 Å². The summed E-state index contributed by atoms with van der Waals surface area (Å²) in [6.45, 7) is 5.22. The van der Waals surface area contributed by atoms with E-state index in [1.807, 2.05) is 0 Å². The molecule has 0 aliphatic rings. The number of carbonyl (C=O) groups is 1. The van der Waals surface area contributed by atoms with Gasteiger partial charge >= 0.3 is 5.97 Å². The first-order valence-electron chi connectivity index (χ1n) is 5.91. The second-order valence-corrected chi connectivity index (χ2v) is 5.23. The summed E-state index contributed by atoms with van der Waals surface area (Å²) in [7, 11) is 0. The molecule has 0 saturated carbocycles. The second kappa shape index (κ2) is 5.79. The minimum absolute atomic E-state index is 0.0403. The van der Waals surface area contributed by atoms with Crippen LogP contribution in [0.4, 0.5) is 5.69 Å². The number of nitrogens with zero attached hydrogens (tertiary/aromatic N) is 1. The normalized spacial score (nSPS) is 12.8. The summed E-state index contributed by atoms with van der Waals surface area (Å²) in [5.41, 5.74) is 5.48. The first-order chi connectivity index (χ1) is 8.70. The van der Waals surface area contributed by atoms with Gasteiger partial charge < -0.3 is 10.5 Å². The Kier molecular flexibility index (Phi) is 4.61. The molecule has 2 N–H and O–H groups in total. The molecule has 0 spiro atoms. The molecule has 1 unspecified atom stereocenters. The second-order valence-electron chi connectivity index (χ2n) is 5.23. The fourth-order valence-electron chi connectivity index (χ4n) is 1.56. The van der Waals surface area contributed by atoms with Crippen LogP contribution < -0.4 is 5.73 Å². The topological polar surface area (TPSA) is 95.5 Å². The van der Waals surface area contributed by atoms with Crippen LogP contribution in [0.5, 0.6) is 0 Å². The van der Waals surface area contributed by atoms with Gasteiger partial charge in [0.2, 0.25) is 0 Å². The molecule has 0 fully saturated rings. The van der Waals surface area contributed by atoms with Gasteiger partial charge in [0, 0.05) is 18.1 Å². The van der Waals surface area contributed by atoms with E-state index in [2.05, 4.69) is 0 Å². The van der Waals surface area contributed by atoms with Crippen LogP contribution >= 0.6 is 0 Å². The van der Waals surface area contributed by atoms with E-state index >= 15 is 0 Å². The lowest BCUT2D eigenvalue weighted by atomic mass is 10.0. The number of carbonyl (C=O) groups excluding carboxylic acids is 1. The lowest BCUT2D eigenvalue weighted by Gasteiger charge is -2.22. The third-order valence-electron chi connectivity index (χ3n) is 2.34. The summed E-state index contributed by atoms with van der Waals surface area (Å²) >= 11 is 0. The molecule has 0 amide bonds. The molecule has 0 saturated heterocycles. The summed E-state index contributed by atoms with van der Waals surface area (Å²) in [5, 5.41) is 10.9. The fourth-order valence-corrected chi connectivity index (χ4v) is 1.56. The van der Waals surface area contributed by atoms with Gasteiger partial charge in [-0.25, -0.2) is 0 Å².